The van der Waals surface area contributed by atoms with Gasteiger partial charge in [-0.05, 0) is 18.6 Å². The van der Waals surface area contributed by atoms with Crippen LogP contribution in [0.5, 0.6) is 0 Å². The van der Waals surface area contributed by atoms with Gasteiger partial charge in [0.2, 0.25) is 0 Å². The molecule has 0 atom stereocenters. The van der Waals surface area contributed by atoms with E-state index in [4.69, 9.17) is 9.84 Å². The first-order valence-corrected chi connectivity index (χ1v) is 7.24. The fourth-order valence-electron chi connectivity index (χ4n) is 1.96. The molecular weight excluding hydrogens is 259 g/mol. The van der Waals surface area contributed by atoms with E-state index >= 15 is 0 Å². The van der Waals surface area contributed by atoms with E-state index in [9.17, 15) is 9.18 Å². The highest BCUT2D eigenvalue weighted by molar-refractivity contribution is 5.87. The lowest BCUT2D eigenvalue weighted by molar-refractivity contribution is 0.0696. The van der Waals surface area contributed by atoms with Crippen molar-refractivity contribution in [1.29, 1.82) is 0 Å². The molecule has 0 unspecified atom stereocenters. The van der Waals surface area contributed by atoms with Gasteiger partial charge in [0.15, 0.2) is 0 Å². The summed E-state index contributed by atoms with van der Waals surface area (Å²) in [6, 6.07) is 3.90. The van der Waals surface area contributed by atoms with E-state index in [0.29, 0.717) is 12.2 Å². The fraction of sp³-hybridized carbons (Fsp3) is 0.562. The summed E-state index contributed by atoms with van der Waals surface area (Å²) in [5.74, 6) is -1.64. The van der Waals surface area contributed by atoms with Crippen molar-refractivity contribution in [2.45, 2.75) is 52.1 Å². The minimum Gasteiger partial charge on any atom is -0.478 e. The minimum absolute atomic E-state index is 0.0397. The maximum absolute atomic E-state index is 13.6. The van der Waals surface area contributed by atoms with Crippen LogP contribution in [-0.2, 0) is 11.3 Å². The van der Waals surface area contributed by atoms with E-state index in [1.165, 1.54) is 37.8 Å². The van der Waals surface area contributed by atoms with E-state index < -0.39 is 11.8 Å². The standard InChI is InChI=1S/C16H23FO3/c1-2-3-4-5-6-7-10-20-12-14-9-8-13(16(18)19)11-15(14)17/h8-9,11H,2-7,10,12H2,1H3,(H,18,19). The second-order valence-corrected chi connectivity index (χ2v) is 4.93. The number of hydrogen-bond acceptors (Lipinski definition) is 2. The van der Waals surface area contributed by atoms with Gasteiger partial charge in [-0.3, -0.25) is 0 Å². The summed E-state index contributed by atoms with van der Waals surface area (Å²) >= 11 is 0. The second-order valence-electron chi connectivity index (χ2n) is 4.93. The number of carboxylic acids is 1. The normalized spacial score (nSPS) is 10.7. The van der Waals surface area contributed by atoms with Crippen molar-refractivity contribution < 1.29 is 19.0 Å². The molecule has 0 saturated heterocycles. The first-order chi connectivity index (χ1) is 9.65. The van der Waals surface area contributed by atoms with Crippen molar-refractivity contribution in [3.8, 4) is 0 Å². The highest BCUT2D eigenvalue weighted by Gasteiger charge is 2.08. The summed E-state index contributed by atoms with van der Waals surface area (Å²) in [6.07, 6.45) is 7.13. The average molecular weight is 282 g/mol. The predicted octanol–water partition coefficient (Wildman–Crippen LogP) is 4.40. The number of ether oxygens (including phenoxy) is 1. The van der Waals surface area contributed by atoms with Crippen LogP contribution in [0.15, 0.2) is 18.2 Å². The van der Waals surface area contributed by atoms with Gasteiger partial charge < -0.3 is 9.84 Å². The SMILES string of the molecule is CCCCCCCCOCc1ccc(C(=O)O)cc1F. The highest BCUT2D eigenvalue weighted by atomic mass is 19.1. The van der Waals surface area contributed by atoms with E-state index in [2.05, 4.69) is 6.92 Å². The number of unbranched alkanes of at least 4 members (excludes halogenated alkanes) is 5. The number of rotatable bonds is 10. The smallest absolute Gasteiger partial charge is 0.335 e. The Hall–Kier alpha value is -1.42. The van der Waals surface area contributed by atoms with Gasteiger partial charge in [0.1, 0.15) is 5.82 Å². The molecule has 0 amide bonds. The van der Waals surface area contributed by atoms with Crippen molar-refractivity contribution in [3.05, 3.63) is 35.1 Å². The van der Waals surface area contributed by atoms with Crippen molar-refractivity contribution in [2.24, 2.45) is 0 Å². The topological polar surface area (TPSA) is 46.5 Å². The molecule has 1 aromatic rings. The molecule has 0 bridgehead atoms. The number of hydrogen-bond donors (Lipinski definition) is 1. The predicted molar refractivity (Wildman–Crippen MR) is 76.4 cm³/mol. The van der Waals surface area contributed by atoms with Gasteiger partial charge in [-0.15, -0.1) is 0 Å². The lowest BCUT2D eigenvalue weighted by Gasteiger charge is -2.06. The molecule has 0 spiro atoms. The molecule has 112 valence electrons. The Morgan fingerprint density at radius 2 is 1.90 bits per heavy atom. The molecular formula is C16H23FO3. The zero-order valence-corrected chi connectivity index (χ0v) is 12.0. The van der Waals surface area contributed by atoms with Gasteiger partial charge in [-0.25, -0.2) is 9.18 Å². The summed E-state index contributed by atoms with van der Waals surface area (Å²) in [4.78, 5) is 10.7. The zero-order valence-electron chi connectivity index (χ0n) is 12.0. The molecule has 1 rings (SSSR count). The molecule has 0 aliphatic heterocycles. The molecule has 0 aliphatic rings. The molecule has 0 saturated carbocycles. The number of benzene rings is 1. The van der Waals surface area contributed by atoms with Crippen LogP contribution in [-0.4, -0.2) is 17.7 Å². The number of halogens is 1. The van der Waals surface area contributed by atoms with Crippen LogP contribution in [0, 0.1) is 5.82 Å². The van der Waals surface area contributed by atoms with E-state index in [-0.39, 0.29) is 12.2 Å². The average Bonchev–Trinajstić information content (AvgIpc) is 2.43. The van der Waals surface area contributed by atoms with Gasteiger partial charge in [0.05, 0.1) is 12.2 Å². The summed E-state index contributed by atoms with van der Waals surface area (Å²) < 4.78 is 19.0. The quantitative estimate of drug-likeness (QED) is 0.647. The Labute approximate surface area is 119 Å². The van der Waals surface area contributed by atoms with Crippen LogP contribution in [0.1, 0.15) is 61.4 Å². The molecule has 20 heavy (non-hydrogen) atoms. The van der Waals surface area contributed by atoms with Crippen LogP contribution >= 0.6 is 0 Å². The third kappa shape index (κ3) is 6.15. The first-order valence-electron chi connectivity index (χ1n) is 7.24. The lowest BCUT2D eigenvalue weighted by Crippen LogP contribution is -2.02. The monoisotopic (exact) mass is 282 g/mol. The van der Waals surface area contributed by atoms with Crippen LogP contribution in [0.2, 0.25) is 0 Å². The minimum atomic E-state index is -1.12. The third-order valence-electron chi connectivity index (χ3n) is 3.20. The molecule has 3 nitrogen and oxygen atoms in total. The second kappa shape index (κ2) is 9.48. The third-order valence-corrected chi connectivity index (χ3v) is 3.20. The van der Waals surface area contributed by atoms with Crippen LogP contribution in [0.3, 0.4) is 0 Å². The van der Waals surface area contributed by atoms with Crippen molar-refractivity contribution in [1.82, 2.24) is 0 Å². The molecule has 0 heterocycles. The number of carboxylic acid groups (broad SMARTS) is 1. The van der Waals surface area contributed by atoms with E-state index in [0.717, 1.165) is 18.9 Å². The Balaban J connectivity index is 2.20. The van der Waals surface area contributed by atoms with Crippen molar-refractivity contribution in [2.75, 3.05) is 6.61 Å². The Bertz CT molecular complexity index is 418. The maximum atomic E-state index is 13.6. The number of carbonyl (C=O) groups is 1. The largest absolute Gasteiger partial charge is 0.478 e. The molecule has 0 aromatic heterocycles. The van der Waals surface area contributed by atoms with Gasteiger partial charge in [0, 0.05) is 12.2 Å². The summed E-state index contributed by atoms with van der Waals surface area (Å²) in [7, 11) is 0. The van der Waals surface area contributed by atoms with Crippen molar-refractivity contribution >= 4 is 5.97 Å². The zero-order chi connectivity index (χ0) is 14.8. The first kappa shape index (κ1) is 16.6. The number of aromatic carboxylic acids is 1. The molecule has 4 heteroatoms. The maximum Gasteiger partial charge on any atom is 0.335 e. The van der Waals surface area contributed by atoms with Crippen molar-refractivity contribution in [3.63, 3.8) is 0 Å². The Morgan fingerprint density at radius 3 is 2.55 bits per heavy atom. The van der Waals surface area contributed by atoms with E-state index in [1.807, 2.05) is 0 Å². The van der Waals surface area contributed by atoms with Crippen LogP contribution < -0.4 is 0 Å². The van der Waals surface area contributed by atoms with Crippen LogP contribution in [0.25, 0.3) is 0 Å². The molecule has 0 fully saturated rings. The summed E-state index contributed by atoms with van der Waals surface area (Å²) in [5.41, 5.74) is 0.364. The molecule has 0 aliphatic carbocycles. The van der Waals surface area contributed by atoms with Gasteiger partial charge in [0.25, 0.3) is 0 Å². The van der Waals surface area contributed by atoms with Gasteiger partial charge in [-0.1, -0.05) is 45.1 Å². The molecule has 1 N–H and O–H groups in total. The van der Waals surface area contributed by atoms with Gasteiger partial charge in [-0.2, -0.15) is 0 Å². The highest BCUT2D eigenvalue weighted by Crippen LogP contribution is 2.12. The fourth-order valence-corrected chi connectivity index (χ4v) is 1.96. The molecule has 1 aromatic carbocycles. The Kier molecular flexibility index (Phi) is 7.88. The van der Waals surface area contributed by atoms with E-state index in [1.54, 1.807) is 0 Å². The molecule has 0 radical (unpaired) electrons. The van der Waals surface area contributed by atoms with Crippen LogP contribution in [0.4, 0.5) is 4.39 Å². The summed E-state index contributed by atoms with van der Waals surface area (Å²) in [6.45, 7) is 3.00. The summed E-state index contributed by atoms with van der Waals surface area (Å²) in [5, 5.41) is 8.74. The lowest BCUT2D eigenvalue weighted by atomic mass is 10.1. The van der Waals surface area contributed by atoms with Gasteiger partial charge >= 0.3 is 5.97 Å². The Morgan fingerprint density at radius 1 is 1.20 bits per heavy atom.